The molecule has 20 heavy (non-hydrogen) atoms. The van der Waals surface area contributed by atoms with Gasteiger partial charge in [0.25, 0.3) is 10.1 Å². The molecule has 0 unspecified atom stereocenters. The smallest absolute Gasteiger partial charge is 0.307 e. The first-order chi connectivity index (χ1) is 9.41. The number of hydrogen-bond donors (Lipinski definition) is 0. The fourth-order valence-corrected chi connectivity index (χ4v) is 4.32. The van der Waals surface area contributed by atoms with E-state index in [1.165, 1.54) is 0 Å². The summed E-state index contributed by atoms with van der Waals surface area (Å²) in [6, 6.07) is 8.60. The first kappa shape index (κ1) is 17.3. The molecule has 0 aliphatic heterocycles. The molecule has 0 aliphatic rings. The van der Waals surface area contributed by atoms with E-state index in [0.29, 0.717) is 5.56 Å². The molecule has 0 N–H and O–H groups in total. The van der Waals surface area contributed by atoms with Crippen LogP contribution in [-0.4, -0.2) is 28.0 Å². The minimum Gasteiger partial charge on any atom is -0.307 e. The van der Waals surface area contributed by atoms with E-state index in [0.717, 1.165) is 0 Å². The van der Waals surface area contributed by atoms with Crippen LogP contribution in [0, 0.1) is 0 Å². The highest BCUT2D eigenvalue weighted by Crippen LogP contribution is 2.48. The second-order valence-electron chi connectivity index (χ2n) is 3.88. The van der Waals surface area contributed by atoms with Gasteiger partial charge in [-0.2, -0.15) is 8.42 Å². The maximum atomic E-state index is 12.1. The normalized spacial score (nSPS) is 12.5. The molecule has 0 fully saturated rings. The van der Waals surface area contributed by atoms with Gasteiger partial charge in [0, 0.05) is 0 Å². The minimum atomic E-state index is -3.84. The summed E-state index contributed by atoms with van der Waals surface area (Å²) < 4.78 is 50.4. The van der Waals surface area contributed by atoms with Crippen molar-refractivity contribution in [2.75, 3.05) is 19.6 Å². The Bertz CT molecular complexity index is 532. The zero-order valence-electron chi connectivity index (χ0n) is 11.5. The summed E-state index contributed by atoms with van der Waals surface area (Å²) >= 11 is 0. The van der Waals surface area contributed by atoms with E-state index >= 15 is 0 Å². The molecule has 114 valence electrons. The monoisotopic (exact) mass is 322 g/mol. The lowest BCUT2D eigenvalue weighted by atomic mass is 10.2. The van der Waals surface area contributed by atoms with Gasteiger partial charge in [-0.15, -0.1) is 0 Å². The SMILES string of the molecule is CCOP(=O)(COS(=O)(=O)Cc1ccccc1)OCC. The minimum absolute atomic E-state index is 0.152. The Hall–Kier alpha value is -0.720. The third kappa shape index (κ3) is 6.15. The maximum absolute atomic E-state index is 12.1. The van der Waals surface area contributed by atoms with Crippen LogP contribution in [0.15, 0.2) is 30.3 Å². The third-order valence-electron chi connectivity index (χ3n) is 2.23. The van der Waals surface area contributed by atoms with Crippen LogP contribution < -0.4 is 0 Å². The van der Waals surface area contributed by atoms with Gasteiger partial charge in [0.1, 0.15) is 5.75 Å². The molecule has 0 bridgehead atoms. The summed E-state index contributed by atoms with van der Waals surface area (Å²) in [5, 5.41) is 0. The zero-order valence-corrected chi connectivity index (χ0v) is 13.2. The van der Waals surface area contributed by atoms with E-state index < -0.39 is 24.1 Å². The molecule has 6 nitrogen and oxygen atoms in total. The molecule has 0 saturated heterocycles. The summed E-state index contributed by atoms with van der Waals surface area (Å²) in [4.78, 5) is 0. The van der Waals surface area contributed by atoms with Crippen LogP contribution >= 0.6 is 7.60 Å². The molecular formula is C12H19O6PS. The van der Waals surface area contributed by atoms with Gasteiger partial charge in [0.2, 0.25) is 0 Å². The van der Waals surface area contributed by atoms with Crippen LogP contribution in [-0.2, 0) is 33.7 Å². The number of benzene rings is 1. The summed E-state index contributed by atoms with van der Waals surface area (Å²) in [5.74, 6) is -0.286. The van der Waals surface area contributed by atoms with Crippen LogP contribution in [0.3, 0.4) is 0 Å². The molecule has 0 aromatic heterocycles. The van der Waals surface area contributed by atoms with Gasteiger partial charge in [0.05, 0.1) is 13.2 Å². The molecule has 0 amide bonds. The summed E-state index contributed by atoms with van der Waals surface area (Å²) in [6.45, 7) is 3.59. The molecule has 1 rings (SSSR count). The van der Waals surface area contributed by atoms with Gasteiger partial charge in [-0.05, 0) is 19.4 Å². The Morgan fingerprint density at radius 1 is 1.05 bits per heavy atom. The van der Waals surface area contributed by atoms with Crippen LogP contribution in [0.5, 0.6) is 0 Å². The van der Waals surface area contributed by atoms with Crippen molar-refractivity contribution in [1.29, 1.82) is 0 Å². The van der Waals surface area contributed by atoms with Crippen molar-refractivity contribution < 1.29 is 26.2 Å². The lowest BCUT2D eigenvalue weighted by molar-refractivity contribution is 0.198. The predicted octanol–water partition coefficient (Wildman–Crippen LogP) is 2.76. The lowest BCUT2D eigenvalue weighted by Crippen LogP contribution is -2.12. The topological polar surface area (TPSA) is 78.9 Å². The van der Waals surface area contributed by atoms with Gasteiger partial charge in [0.15, 0.2) is 6.35 Å². The Labute approximate surface area is 119 Å². The third-order valence-corrected chi connectivity index (χ3v) is 5.32. The zero-order chi connectivity index (χ0) is 15.1. The molecule has 1 aromatic rings. The first-order valence-electron chi connectivity index (χ1n) is 6.20. The second-order valence-corrected chi connectivity index (χ2v) is 7.52. The van der Waals surface area contributed by atoms with Crippen molar-refractivity contribution >= 4 is 17.7 Å². The number of rotatable bonds is 9. The molecule has 8 heteroatoms. The maximum Gasteiger partial charge on any atom is 0.357 e. The van der Waals surface area contributed by atoms with Crippen molar-refractivity contribution in [3.05, 3.63) is 35.9 Å². The fraction of sp³-hybridized carbons (Fsp3) is 0.500. The van der Waals surface area contributed by atoms with Crippen molar-refractivity contribution in [2.24, 2.45) is 0 Å². The Morgan fingerprint density at radius 3 is 2.10 bits per heavy atom. The molecule has 0 heterocycles. The Morgan fingerprint density at radius 2 is 1.60 bits per heavy atom. The van der Waals surface area contributed by atoms with Crippen LogP contribution in [0.2, 0.25) is 0 Å². The van der Waals surface area contributed by atoms with E-state index in [1.54, 1.807) is 44.2 Å². The van der Waals surface area contributed by atoms with Gasteiger partial charge in [-0.3, -0.25) is 8.75 Å². The molecule has 0 saturated carbocycles. The second kappa shape index (κ2) is 7.90. The van der Waals surface area contributed by atoms with E-state index in [2.05, 4.69) is 0 Å². The Balaban J connectivity index is 2.64. The summed E-state index contributed by atoms with van der Waals surface area (Å²) in [5.41, 5.74) is 0.593. The average molecular weight is 322 g/mol. The van der Waals surface area contributed by atoms with Crippen molar-refractivity contribution in [3.63, 3.8) is 0 Å². The average Bonchev–Trinajstić information content (AvgIpc) is 2.38. The van der Waals surface area contributed by atoms with Crippen LogP contribution in [0.4, 0.5) is 0 Å². The largest absolute Gasteiger partial charge is 0.357 e. The van der Waals surface area contributed by atoms with E-state index in [9.17, 15) is 13.0 Å². The molecule has 0 radical (unpaired) electrons. The standard InChI is InChI=1S/C12H19O6PS/c1-3-16-19(13,17-4-2)11-18-20(14,15)10-12-8-6-5-7-9-12/h5-9H,3-4,10-11H2,1-2H3. The van der Waals surface area contributed by atoms with E-state index in [4.69, 9.17) is 13.2 Å². The van der Waals surface area contributed by atoms with Crippen LogP contribution in [0.25, 0.3) is 0 Å². The van der Waals surface area contributed by atoms with Crippen molar-refractivity contribution in [1.82, 2.24) is 0 Å². The molecule has 1 aromatic carbocycles. The fourth-order valence-electron chi connectivity index (χ4n) is 1.47. The highest BCUT2D eigenvalue weighted by atomic mass is 32.2. The van der Waals surface area contributed by atoms with Crippen molar-refractivity contribution in [2.45, 2.75) is 19.6 Å². The lowest BCUT2D eigenvalue weighted by Gasteiger charge is -2.16. The Kier molecular flexibility index (Phi) is 6.85. The highest BCUT2D eigenvalue weighted by Gasteiger charge is 2.27. The van der Waals surface area contributed by atoms with Gasteiger partial charge in [-0.25, -0.2) is 0 Å². The highest BCUT2D eigenvalue weighted by molar-refractivity contribution is 7.86. The quantitative estimate of drug-likeness (QED) is 0.514. The van der Waals surface area contributed by atoms with Crippen molar-refractivity contribution in [3.8, 4) is 0 Å². The van der Waals surface area contributed by atoms with Gasteiger partial charge < -0.3 is 9.05 Å². The van der Waals surface area contributed by atoms with Gasteiger partial charge in [-0.1, -0.05) is 30.3 Å². The summed E-state index contributed by atoms with van der Waals surface area (Å²) in [6.07, 6.45) is -0.607. The van der Waals surface area contributed by atoms with E-state index in [-0.39, 0.29) is 19.0 Å². The van der Waals surface area contributed by atoms with Crippen LogP contribution in [0.1, 0.15) is 19.4 Å². The first-order valence-corrected chi connectivity index (χ1v) is 9.50. The number of hydrogen-bond acceptors (Lipinski definition) is 6. The molecular weight excluding hydrogens is 303 g/mol. The van der Waals surface area contributed by atoms with Gasteiger partial charge >= 0.3 is 7.60 Å². The molecule has 0 atom stereocenters. The van der Waals surface area contributed by atoms with E-state index in [1.807, 2.05) is 0 Å². The molecule has 0 spiro atoms. The summed E-state index contributed by atoms with van der Waals surface area (Å²) in [7, 11) is -7.36. The molecule has 0 aliphatic carbocycles. The predicted molar refractivity (Wildman–Crippen MR) is 75.9 cm³/mol.